The first-order valence-electron chi connectivity index (χ1n) is 10.1. The number of aromatic nitrogens is 2. The predicted octanol–water partition coefficient (Wildman–Crippen LogP) is 3.25. The van der Waals surface area contributed by atoms with E-state index in [1.165, 1.54) is 11.8 Å². The molecule has 2 N–H and O–H groups in total. The lowest BCUT2D eigenvalue weighted by Crippen LogP contribution is -2.41. The van der Waals surface area contributed by atoms with Gasteiger partial charge in [0.05, 0.1) is 11.3 Å². The minimum atomic E-state index is -1.07. The molecule has 0 spiro atoms. The Kier molecular flexibility index (Phi) is 6.65. The summed E-state index contributed by atoms with van der Waals surface area (Å²) in [6, 6.07) is 13.8. The van der Waals surface area contributed by atoms with E-state index >= 15 is 0 Å². The molecule has 1 unspecified atom stereocenters. The molecule has 1 aromatic heterocycles. The summed E-state index contributed by atoms with van der Waals surface area (Å²) >= 11 is 1.53. The van der Waals surface area contributed by atoms with Gasteiger partial charge in [0.2, 0.25) is 0 Å². The van der Waals surface area contributed by atoms with Crippen LogP contribution in [0, 0.1) is 0 Å². The van der Waals surface area contributed by atoms with Crippen molar-refractivity contribution < 1.29 is 24.2 Å². The van der Waals surface area contributed by atoms with E-state index in [9.17, 15) is 14.7 Å². The van der Waals surface area contributed by atoms with Crippen LogP contribution in [0.25, 0.3) is 16.9 Å². The zero-order valence-electron chi connectivity index (χ0n) is 17.5. The second-order valence-corrected chi connectivity index (χ2v) is 8.16. The molecular formula is C23H23N3O5S. The highest BCUT2D eigenvalue weighted by atomic mass is 32.2. The van der Waals surface area contributed by atoms with Crippen molar-refractivity contribution in [1.82, 2.24) is 15.1 Å². The van der Waals surface area contributed by atoms with Crippen LogP contribution in [0.5, 0.6) is 11.5 Å². The first-order valence-corrected chi connectivity index (χ1v) is 11.5. The minimum Gasteiger partial charge on any atom is -0.486 e. The average molecular weight is 454 g/mol. The van der Waals surface area contributed by atoms with Gasteiger partial charge in [-0.1, -0.05) is 18.2 Å². The number of amides is 1. The smallest absolute Gasteiger partial charge is 0.326 e. The molecule has 32 heavy (non-hydrogen) atoms. The number of fused-ring (bicyclic) bond motifs is 1. The molecule has 1 aliphatic rings. The Labute approximate surface area is 189 Å². The monoisotopic (exact) mass is 453 g/mol. The summed E-state index contributed by atoms with van der Waals surface area (Å²) in [4.78, 5) is 24.8. The number of ether oxygens (including phenoxy) is 2. The van der Waals surface area contributed by atoms with Gasteiger partial charge in [-0.15, -0.1) is 0 Å². The van der Waals surface area contributed by atoms with E-state index in [1.54, 1.807) is 23.0 Å². The van der Waals surface area contributed by atoms with Gasteiger partial charge in [0.15, 0.2) is 11.5 Å². The van der Waals surface area contributed by atoms with Gasteiger partial charge in [-0.25, -0.2) is 9.48 Å². The molecule has 9 heteroatoms. The summed E-state index contributed by atoms with van der Waals surface area (Å²) in [7, 11) is 0. The second kappa shape index (κ2) is 9.78. The van der Waals surface area contributed by atoms with E-state index in [2.05, 4.69) is 10.4 Å². The maximum atomic E-state index is 13.2. The van der Waals surface area contributed by atoms with Crippen molar-refractivity contribution in [3.05, 3.63) is 60.3 Å². The number of carboxylic acids is 1. The molecule has 3 aromatic rings. The quantitative estimate of drug-likeness (QED) is 0.540. The average Bonchev–Trinajstić information content (AvgIpc) is 3.27. The molecule has 2 heterocycles. The third-order valence-corrected chi connectivity index (χ3v) is 5.65. The second-order valence-electron chi connectivity index (χ2n) is 7.18. The molecule has 0 fully saturated rings. The van der Waals surface area contributed by atoms with Crippen LogP contribution in [-0.4, -0.2) is 58.0 Å². The molecule has 4 rings (SSSR count). The lowest BCUT2D eigenvalue weighted by atomic mass is 10.1. The number of nitrogens with zero attached hydrogens (tertiary/aromatic N) is 2. The number of aliphatic carboxylic acids is 1. The van der Waals surface area contributed by atoms with Gasteiger partial charge in [-0.3, -0.25) is 4.79 Å². The summed E-state index contributed by atoms with van der Waals surface area (Å²) in [5, 5.41) is 16.8. The van der Waals surface area contributed by atoms with E-state index in [-0.39, 0.29) is 5.56 Å². The molecule has 0 saturated heterocycles. The Morgan fingerprint density at radius 3 is 2.62 bits per heavy atom. The third-order valence-electron chi connectivity index (χ3n) is 5.01. The lowest BCUT2D eigenvalue weighted by Gasteiger charge is -2.18. The van der Waals surface area contributed by atoms with Crippen molar-refractivity contribution in [3.63, 3.8) is 0 Å². The lowest BCUT2D eigenvalue weighted by molar-refractivity contribution is -0.139. The zero-order valence-corrected chi connectivity index (χ0v) is 18.3. The molecule has 1 amide bonds. The molecule has 2 aromatic carbocycles. The largest absolute Gasteiger partial charge is 0.486 e. The Hall–Kier alpha value is -3.46. The summed E-state index contributed by atoms with van der Waals surface area (Å²) in [6.07, 6.45) is 3.84. The van der Waals surface area contributed by atoms with Gasteiger partial charge in [-0.05, 0) is 48.8 Å². The number of benzene rings is 2. The van der Waals surface area contributed by atoms with Gasteiger partial charge in [0.25, 0.3) is 5.91 Å². The van der Waals surface area contributed by atoms with Crippen LogP contribution in [0.1, 0.15) is 16.8 Å². The highest BCUT2D eigenvalue weighted by Gasteiger charge is 2.25. The molecule has 0 bridgehead atoms. The summed E-state index contributed by atoms with van der Waals surface area (Å²) in [6.45, 7) is 0.924. The van der Waals surface area contributed by atoms with Crippen molar-refractivity contribution in [3.8, 4) is 28.4 Å². The van der Waals surface area contributed by atoms with Crippen LogP contribution in [0.3, 0.4) is 0 Å². The highest BCUT2D eigenvalue weighted by Crippen LogP contribution is 2.35. The Morgan fingerprint density at radius 2 is 1.91 bits per heavy atom. The van der Waals surface area contributed by atoms with Crippen molar-refractivity contribution in [1.29, 1.82) is 0 Å². The Morgan fingerprint density at radius 1 is 1.16 bits per heavy atom. The van der Waals surface area contributed by atoms with Gasteiger partial charge in [-0.2, -0.15) is 16.9 Å². The third kappa shape index (κ3) is 4.72. The molecule has 0 radical (unpaired) electrons. The van der Waals surface area contributed by atoms with Gasteiger partial charge < -0.3 is 19.9 Å². The number of carboxylic acid groups (broad SMARTS) is 1. The predicted molar refractivity (Wildman–Crippen MR) is 122 cm³/mol. The first kappa shape index (κ1) is 21.8. The fourth-order valence-electron chi connectivity index (χ4n) is 3.39. The SMILES string of the molecule is CSCCC(NC(=O)c1cn(-c2ccccc2)nc1-c1ccc2c(c1)OCCO2)C(=O)O. The fourth-order valence-corrected chi connectivity index (χ4v) is 3.86. The van der Waals surface area contributed by atoms with Crippen molar-refractivity contribution in [2.45, 2.75) is 12.5 Å². The molecule has 166 valence electrons. The number of carbonyl (C=O) groups excluding carboxylic acids is 1. The standard InChI is InChI=1S/C23H23N3O5S/c1-32-12-9-18(23(28)29)24-22(27)17-14-26(16-5-3-2-4-6-16)25-21(17)15-7-8-19-20(13-15)31-11-10-30-19/h2-8,13-14,18H,9-12H2,1H3,(H,24,27)(H,28,29). The number of thioether (sulfide) groups is 1. The van der Waals surface area contributed by atoms with Crippen LogP contribution >= 0.6 is 11.8 Å². The van der Waals surface area contributed by atoms with Crippen LogP contribution in [0.2, 0.25) is 0 Å². The topological polar surface area (TPSA) is 103 Å². The summed E-state index contributed by atoms with van der Waals surface area (Å²) in [5.74, 6) is 0.277. The van der Waals surface area contributed by atoms with Gasteiger partial charge >= 0.3 is 5.97 Å². The van der Waals surface area contributed by atoms with Crippen molar-refractivity contribution in [2.24, 2.45) is 0 Å². The Bertz CT molecular complexity index is 1120. The molecule has 1 aliphatic heterocycles. The molecule has 0 saturated carbocycles. The van der Waals surface area contributed by atoms with E-state index in [0.29, 0.717) is 48.1 Å². The number of rotatable bonds is 8. The van der Waals surface area contributed by atoms with Crippen molar-refractivity contribution >= 4 is 23.6 Å². The van der Waals surface area contributed by atoms with E-state index < -0.39 is 17.9 Å². The number of hydrogen-bond donors (Lipinski definition) is 2. The summed E-state index contributed by atoms with van der Waals surface area (Å²) < 4.78 is 12.9. The first-order chi connectivity index (χ1) is 15.6. The van der Waals surface area contributed by atoms with E-state index in [1.807, 2.05) is 42.7 Å². The van der Waals surface area contributed by atoms with Crippen LogP contribution < -0.4 is 14.8 Å². The normalized spacial score (nSPS) is 13.4. The molecule has 8 nitrogen and oxygen atoms in total. The number of nitrogens with one attached hydrogen (secondary N) is 1. The maximum Gasteiger partial charge on any atom is 0.326 e. The van der Waals surface area contributed by atoms with Gasteiger partial charge in [0, 0.05) is 11.8 Å². The highest BCUT2D eigenvalue weighted by molar-refractivity contribution is 7.98. The number of carbonyl (C=O) groups is 2. The molecule has 0 aliphatic carbocycles. The van der Waals surface area contributed by atoms with Crippen LogP contribution in [-0.2, 0) is 4.79 Å². The Balaban J connectivity index is 1.72. The van der Waals surface area contributed by atoms with E-state index in [0.717, 1.165) is 5.69 Å². The van der Waals surface area contributed by atoms with E-state index in [4.69, 9.17) is 9.47 Å². The van der Waals surface area contributed by atoms with Crippen LogP contribution in [0.4, 0.5) is 0 Å². The van der Waals surface area contributed by atoms with Crippen LogP contribution in [0.15, 0.2) is 54.7 Å². The van der Waals surface area contributed by atoms with Gasteiger partial charge in [0.1, 0.15) is 24.9 Å². The number of hydrogen-bond acceptors (Lipinski definition) is 6. The van der Waals surface area contributed by atoms with Crippen molar-refractivity contribution in [2.75, 3.05) is 25.2 Å². The summed E-state index contributed by atoms with van der Waals surface area (Å²) in [5.41, 5.74) is 2.16. The zero-order chi connectivity index (χ0) is 22.5. The number of para-hydroxylation sites is 1. The molecule has 1 atom stereocenters. The minimum absolute atomic E-state index is 0.279. The maximum absolute atomic E-state index is 13.2. The molecular weight excluding hydrogens is 430 g/mol. The fraction of sp³-hybridized carbons (Fsp3) is 0.261.